The number of carbonyl (C=O) groups excluding carboxylic acids is 1. The summed E-state index contributed by atoms with van der Waals surface area (Å²) in [7, 11) is 3.46. The van der Waals surface area contributed by atoms with Gasteiger partial charge in [-0.15, -0.1) is 0 Å². The highest BCUT2D eigenvalue weighted by Crippen LogP contribution is 2.36. The quantitative estimate of drug-likeness (QED) is 0.428. The SMILES string of the molecule is C=C/C(C(=O)Nc1c(-c2ccccc2F)ccnc1N1CCOCC1)=C(/Cl)N(C)C. The summed E-state index contributed by atoms with van der Waals surface area (Å²) in [5.74, 6) is -0.293. The number of morpholine rings is 1. The van der Waals surface area contributed by atoms with Crippen molar-refractivity contribution in [2.24, 2.45) is 0 Å². The van der Waals surface area contributed by atoms with Crippen molar-refractivity contribution in [3.63, 3.8) is 0 Å². The van der Waals surface area contributed by atoms with Gasteiger partial charge in [0.2, 0.25) is 0 Å². The van der Waals surface area contributed by atoms with E-state index < -0.39 is 11.7 Å². The summed E-state index contributed by atoms with van der Waals surface area (Å²) in [4.78, 5) is 21.2. The number of rotatable bonds is 6. The minimum atomic E-state index is -0.455. The molecule has 0 atom stereocenters. The van der Waals surface area contributed by atoms with Crippen LogP contribution in [0.2, 0.25) is 0 Å². The van der Waals surface area contributed by atoms with E-state index in [9.17, 15) is 9.18 Å². The van der Waals surface area contributed by atoms with Crippen LogP contribution in [-0.2, 0) is 9.53 Å². The Labute approximate surface area is 180 Å². The first-order valence-corrected chi connectivity index (χ1v) is 9.89. The van der Waals surface area contributed by atoms with E-state index in [1.165, 1.54) is 12.1 Å². The molecule has 1 fully saturated rings. The summed E-state index contributed by atoms with van der Waals surface area (Å²) in [6.45, 7) is 6.01. The number of amides is 1. The average molecular weight is 431 g/mol. The molecular weight excluding hydrogens is 407 g/mol. The topological polar surface area (TPSA) is 57.7 Å². The van der Waals surface area contributed by atoms with Crippen molar-refractivity contribution in [2.45, 2.75) is 0 Å². The Morgan fingerprint density at radius 2 is 1.97 bits per heavy atom. The predicted molar refractivity (Wildman–Crippen MR) is 118 cm³/mol. The van der Waals surface area contributed by atoms with Gasteiger partial charge in [-0.1, -0.05) is 42.5 Å². The van der Waals surface area contributed by atoms with E-state index in [0.717, 1.165) is 0 Å². The molecule has 0 saturated carbocycles. The van der Waals surface area contributed by atoms with Gasteiger partial charge in [0.1, 0.15) is 11.0 Å². The van der Waals surface area contributed by atoms with Crippen LogP contribution in [0.4, 0.5) is 15.9 Å². The van der Waals surface area contributed by atoms with E-state index in [1.807, 2.05) is 4.90 Å². The van der Waals surface area contributed by atoms with E-state index >= 15 is 0 Å². The molecule has 1 aliphatic rings. The second kappa shape index (κ2) is 9.73. The highest BCUT2D eigenvalue weighted by molar-refractivity contribution is 6.32. The van der Waals surface area contributed by atoms with Crippen LogP contribution in [0.1, 0.15) is 0 Å². The fraction of sp³-hybridized carbons (Fsp3) is 0.273. The molecule has 0 radical (unpaired) electrons. The van der Waals surface area contributed by atoms with Gasteiger partial charge in [-0.3, -0.25) is 4.79 Å². The third-order valence-electron chi connectivity index (χ3n) is 4.71. The van der Waals surface area contributed by atoms with Crippen molar-refractivity contribution >= 4 is 29.0 Å². The Morgan fingerprint density at radius 1 is 1.27 bits per heavy atom. The molecule has 1 saturated heterocycles. The van der Waals surface area contributed by atoms with Gasteiger partial charge in [-0.05, 0) is 12.1 Å². The number of ether oxygens (including phenoxy) is 1. The van der Waals surface area contributed by atoms with E-state index in [2.05, 4.69) is 16.9 Å². The summed E-state index contributed by atoms with van der Waals surface area (Å²) in [6, 6.07) is 8.10. The van der Waals surface area contributed by atoms with Gasteiger partial charge in [0.05, 0.1) is 24.5 Å². The van der Waals surface area contributed by atoms with Crippen LogP contribution in [0.15, 0.2) is 59.9 Å². The highest BCUT2D eigenvalue weighted by atomic mass is 35.5. The van der Waals surface area contributed by atoms with Gasteiger partial charge < -0.3 is 19.9 Å². The molecule has 8 heteroatoms. The molecule has 0 unspecified atom stereocenters. The molecule has 1 aromatic carbocycles. The first kappa shape index (κ1) is 21.8. The van der Waals surface area contributed by atoms with E-state index in [1.54, 1.807) is 49.5 Å². The van der Waals surface area contributed by atoms with Crippen LogP contribution in [0.25, 0.3) is 11.1 Å². The molecule has 0 bridgehead atoms. The normalized spacial score (nSPS) is 14.7. The zero-order valence-corrected chi connectivity index (χ0v) is 17.7. The first-order valence-electron chi connectivity index (χ1n) is 9.51. The molecule has 6 nitrogen and oxygen atoms in total. The fourth-order valence-electron chi connectivity index (χ4n) is 3.19. The highest BCUT2D eigenvalue weighted by Gasteiger charge is 2.23. The summed E-state index contributed by atoms with van der Waals surface area (Å²) in [6.07, 6.45) is 3.00. The maximum absolute atomic E-state index is 14.6. The van der Waals surface area contributed by atoms with Crippen molar-refractivity contribution < 1.29 is 13.9 Å². The zero-order valence-electron chi connectivity index (χ0n) is 17.0. The van der Waals surface area contributed by atoms with Crippen LogP contribution in [0.3, 0.4) is 0 Å². The molecule has 1 aromatic heterocycles. The van der Waals surface area contributed by atoms with Crippen LogP contribution < -0.4 is 10.2 Å². The maximum Gasteiger partial charge on any atom is 0.258 e. The number of nitrogens with one attached hydrogen (secondary N) is 1. The molecule has 1 aliphatic heterocycles. The molecule has 2 heterocycles. The van der Waals surface area contributed by atoms with Crippen LogP contribution in [0.5, 0.6) is 0 Å². The average Bonchev–Trinajstić information content (AvgIpc) is 2.75. The number of pyridine rings is 1. The Kier molecular flexibility index (Phi) is 7.07. The Morgan fingerprint density at radius 3 is 2.60 bits per heavy atom. The summed E-state index contributed by atoms with van der Waals surface area (Å²) in [5.41, 5.74) is 1.52. The van der Waals surface area contributed by atoms with Gasteiger partial charge in [-0.25, -0.2) is 9.37 Å². The minimum Gasteiger partial charge on any atom is -0.378 e. The maximum atomic E-state index is 14.6. The lowest BCUT2D eigenvalue weighted by molar-refractivity contribution is -0.112. The number of carbonyl (C=O) groups is 1. The van der Waals surface area contributed by atoms with Crippen LogP contribution in [0, 0.1) is 5.82 Å². The number of nitrogens with zero attached hydrogens (tertiary/aromatic N) is 3. The summed E-state index contributed by atoms with van der Waals surface area (Å²) >= 11 is 6.28. The molecule has 2 aromatic rings. The van der Waals surface area contributed by atoms with E-state index in [0.29, 0.717) is 48.9 Å². The number of halogens is 2. The molecule has 1 N–H and O–H groups in total. The molecule has 1 amide bonds. The third-order valence-corrected chi connectivity index (χ3v) is 5.25. The van der Waals surface area contributed by atoms with E-state index in [-0.39, 0.29) is 10.7 Å². The van der Waals surface area contributed by atoms with Gasteiger partial charge in [0, 0.05) is 44.5 Å². The number of hydrogen-bond acceptors (Lipinski definition) is 5. The molecule has 0 aliphatic carbocycles. The molecule has 3 rings (SSSR count). The Bertz CT molecular complexity index is 971. The minimum absolute atomic E-state index is 0.206. The van der Waals surface area contributed by atoms with Crippen molar-refractivity contribution in [1.29, 1.82) is 0 Å². The number of benzene rings is 1. The van der Waals surface area contributed by atoms with Gasteiger partial charge in [0.15, 0.2) is 5.82 Å². The van der Waals surface area contributed by atoms with Gasteiger partial charge >= 0.3 is 0 Å². The third kappa shape index (κ3) is 4.63. The lowest BCUT2D eigenvalue weighted by Gasteiger charge is -2.30. The van der Waals surface area contributed by atoms with Crippen molar-refractivity contribution in [1.82, 2.24) is 9.88 Å². The van der Waals surface area contributed by atoms with Gasteiger partial charge in [-0.2, -0.15) is 0 Å². The molecular formula is C22H24ClFN4O2. The molecule has 0 spiro atoms. The number of anilines is 2. The number of hydrogen-bond donors (Lipinski definition) is 1. The Balaban J connectivity index is 2.12. The summed E-state index contributed by atoms with van der Waals surface area (Å²) in [5, 5.41) is 3.14. The van der Waals surface area contributed by atoms with Crippen molar-refractivity contribution in [3.8, 4) is 11.1 Å². The lowest BCUT2D eigenvalue weighted by atomic mass is 10.0. The number of aromatic nitrogens is 1. The fourth-order valence-corrected chi connectivity index (χ4v) is 3.35. The first-order chi connectivity index (χ1) is 14.4. The van der Waals surface area contributed by atoms with Crippen molar-refractivity contribution in [3.05, 3.63) is 65.7 Å². The Hall–Kier alpha value is -2.90. The second-order valence-electron chi connectivity index (χ2n) is 6.89. The standard InChI is InChI=1S/C22H24ClFN4O2/c1-4-15(20(23)27(2)3)22(29)26-19-17(16-7-5-6-8-18(16)24)9-10-25-21(19)28-11-13-30-14-12-28/h4-10H,1,11-14H2,2-3H3,(H,26,29)/b20-15+. The molecule has 158 valence electrons. The molecule has 30 heavy (non-hydrogen) atoms. The van der Waals surface area contributed by atoms with E-state index in [4.69, 9.17) is 16.3 Å². The predicted octanol–water partition coefficient (Wildman–Crippen LogP) is 3.86. The van der Waals surface area contributed by atoms with Crippen LogP contribution in [-0.4, -0.2) is 56.2 Å². The van der Waals surface area contributed by atoms with Crippen molar-refractivity contribution in [2.75, 3.05) is 50.6 Å². The summed E-state index contributed by atoms with van der Waals surface area (Å²) < 4.78 is 20.0. The van der Waals surface area contributed by atoms with Gasteiger partial charge in [0.25, 0.3) is 5.91 Å². The smallest absolute Gasteiger partial charge is 0.258 e. The monoisotopic (exact) mass is 430 g/mol. The largest absolute Gasteiger partial charge is 0.378 e. The zero-order chi connectivity index (χ0) is 21.7. The van der Waals surface area contributed by atoms with Crippen LogP contribution >= 0.6 is 11.6 Å². The lowest BCUT2D eigenvalue weighted by Crippen LogP contribution is -2.37. The second-order valence-corrected chi connectivity index (χ2v) is 7.25.